The summed E-state index contributed by atoms with van der Waals surface area (Å²) in [4.78, 5) is 21.1. The molecule has 3 rings (SSSR count). The van der Waals surface area contributed by atoms with Crippen LogP contribution in [0, 0.1) is 11.3 Å². The Balaban J connectivity index is 2.07. The molecule has 3 heterocycles. The first kappa shape index (κ1) is 12.1. The highest BCUT2D eigenvalue weighted by atomic mass is 16.2. The van der Waals surface area contributed by atoms with Gasteiger partial charge in [-0.3, -0.25) is 9.88 Å². The van der Waals surface area contributed by atoms with Crippen molar-refractivity contribution in [2.75, 3.05) is 11.4 Å². The predicted molar refractivity (Wildman–Crippen MR) is 72.8 cm³/mol. The number of hydrogen-bond acceptors (Lipinski definition) is 4. The van der Waals surface area contributed by atoms with Crippen LogP contribution in [0.25, 0.3) is 11.1 Å². The number of primary amides is 1. The largest absolute Gasteiger partial charge is 0.351 e. The van der Waals surface area contributed by atoms with E-state index >= 15 is 0 Å². The number of carbonyl (C=O) groups excluding carboxylic acids is 1. The Morgan fingerprint density at radius 3 is 3.05 bits per heavy atom. The van der Waals surface area contributed by atoms with Gasteiger partial charge in [-0.05, 0) is 24.1 Å². The van der Waals surface area contributed by atoms with Gasteiger partial charge >= 0.3 is 6.03 Å². The molecule has 2 amide bonds. The summed E-state index contributed by atoms with van der Waals surface area (Å²) in [5.41, 5.74) is 8.36. The number of fused-ring (bicyclic) bond motifs is 1. The van der Waals surface area contributed by atoms with Crippen LogP contribution in [-0.2, 0) is 6.42 Å². The third kappa shape index (κ3) is 1.86. The summed E-state index contributed by atoms with van der Waals surface area (Å²) in [6.45, 7) is 0.541. The van der Waals surface area contributed by atoms with Gasteiger partial charge in [-0.1, -0.05) is 0 Å². The first-order valence-corrected chi connectivity index (χ1v) is 6.11. The average molecular weight is 265 g/mol. The lowest BCUT2D eigenvalue weighted by Gasteiger charge is -2.13. The van der Waals surface area contributed by atoms with Crippen molar-refractivity contribution < 1.29 is 4.79 Å². The molecular formula is C14H11N5O. The molecule has 0 spiro atoms. The van der Waals surface area contributed by atoms with Crippen molar-refractivity contribution >= 4 is 11.8 Å². The number of nitrogens with two attached hydrogens (primary N) is 1. The van der Waals surface area contributed by atoms with E-state index in [4.69, 9.17) is 11.0 Å². The molecule has 1 aliphatic rings. The number of aromatic nitrogens is 2. The third-order valence-corrected chi connectivity index (χ3v) is 3.32. The minimum Gasteiger partial charge on any atom is -0.351 e. The van der Waals surface area contributed by atoms with Crippen LogP contribution >= 0.6 is 0 Å². The summed E-state index contributed by atoms with van der Waals surface area (Å²) in [5, 5.41) is 9.12. The zero-order valence-corrected chi connectivity index (χ0v) is 10.6. The van der Waals surface area contributed by atoms with Gasteiger partial charge in [0.05, 0.1) is 11.6 Å². The van der Waals surface area contributed by atoms with Crippen LogP contribution in [0.15, 0.2) is 30.7 Å². The molecule has 6 heteroatoms. The maximum absolute atomic E-state index is 11.3. The molecule has 20 heavy (non-hydrogen) atoms. The Hall–Kier alpha value is -2.94. The Bertz CT molecular complexity index is 735. The maximum atomic E-state index is 11.3. The van der Waals surface area contributed by atoms with Crippen molar-refractivity contribution in [1.82, 2.24) is 9.97 Å². The minimum absolute atomic E-state index is 0.497. The van der Waals surface area contributed by atoms with Gasteiger partial charge in [0.25, 0.3) is 0 Å². The van der Waals surface area contributed by atoms with Crippen molar-refractivity contribution in [3.05, 3.63) is 41.9 Å². The van der Waals surface area contributed by atoms with E-state index in [0.29, 0.717) is 24.3 Å². The van der Waals surface area contributed by atoms with Crippen LogP contribution in [-0.4, -0.2) is 22.5 Å². The number of nitriles is 1. The Morgan fingerprint density at radius 2 is 2.30 bits per heavy atom. The number of rotatable bonds is 1. The Kier molecular flexibility index (Phi) is 2.80. The van der Waals surface area contributed by atoms with Crippen LogP contribution < -0.4 is 10.6 Å². The molecule has 0 radical (unpaired) electrons. The van der Waals surface area contributed by atoms with Gasteiger partial charge in [0.1, 0.15) is 5.82 Å². The molecule has 0 fully saturated rings. The lowest BCUT2D eigenvalue weighted by molar-refractivity contribution is 0.254. The third-order valence-electron chi connectivity index (χ3n) is 3.32. The second-order valence-corrected chi connectivity index (χ2v) is 4.48. The summed E-state index contributed by atoms with van der Waals surface area (Å²) < 4.78 is 0. The van der Waals surface area contributed by atoms with Gasteiger partial charge < -0.3 is 5.73 Å². The number of nitrogens with zero attached hydrogens (tertiary/aromatic N) is 4. The average Bonchev–Trinajstić information content (AvgIpc) is 2.90. The van der Waals surface area contributed by atoms with Crippen molar-refractivity contribution in [1.29, 1.82) is 5.26 Å². The summed E-state index contributed by atoms with van der Waals surface area (Å²) in [6.07, 6.45) is 5.57. The zero-order chi connectivity index (χ0) is 14.1. The summed E-state index contributed by atoms with van der Waals surface area (Å²) in [7, 11) is 0. The SMILES string of the molecule is N#Cc1ccncc1-c1cnc2c(c1)CCN2C(N)=O. The number of amides is 2. The van der Waals surface area contributed by atoms with E-state index < -0.39 is 6.03 Å². The van der Waals surface area contributed by atoms with Crippen LogP contribution in [0.1, 0.15) is 11.1 Å². The Labute approximate surface area is 115 Å². The smallest absolute Gasteiger partial charge is 0.320 e. The second-order valence-electron chi connectivity index (χ2n) is 4.48. The highest BCUT2D eigenvalue weighted by Crippen LogP contribution is 2.30. The molecule has 6 nitrogen and oxygen atoms in total. The fourth-order valence-corrected chi connectivity index (χ4v) is 2.35. The summed E-state index contributed by atoms with van der Waals surface area (Å²) >= 11 is 0. The number of urea groups is 1. The van der Waals surface area contributed by atoms with Gasteiger partial charge in [0.15, 0.2) is 0 Å². The number of carbonyl (C=O) groups is 1. The first-order chi connectivity index (χ1) is 9.70. The van der Waals surface area contributed by atoms with Gasteiger partial charge in [-0.25, -0.2) is 9.78 Å². The van der Waals surface area contributed by atoms with Gasteiger partial charge in [0.2, 0.25) is 0 Å². The van der Waals surface area contributed by atoms with E-state index in [9.17, 15) is 4.79 Å². The maximum Gasteiger partial charge on any atom is 0.320 e. The Morgan fingerprint density at radius 1 is 1.45 bits per heavy atom. The van der Waals surface area contributed by atoms with Crippen LogP contribution in [0.4, 0.5) is 10.6 Å². The highest BCUT2D eigenvalue weighted by Gasteiger charge is 2.24. The fourth-order valence-electron chi connectivity index (χ4n) is 2.35. The van der Waals surface area contributed by atoms with Crippen molar-refractivity contribution in [3.8, 4) is 17.2 Å². The van der Waals surface area contributed by atoms with E-state index in [1.807, 2.05) is 6.07 Å². The molecule has 98 valence electrons. The molecule has 0 aromatic carbocycles. The topological polar surface area (TPSA) is 95.9 Å². The highest BCUT2D eigenvalue weighted by molar-refractivity contribution is 5.92. The van der Waals surface area contributed by atoms with Gasteiger partial charge in [-0.2, -0.15) is 5.26 Å². The van der Waals surface area contributed by atoms with E-state index in [1.54, 1.807) is 24.7 Å². The van der Waals surface area contributed by atoms with E-state index in [-0.39, 0.29) is 0 Å². The molecule has 0 unspecified atom stereocenters. The zero-order valence-electron chi connectivity index (χ0n) is 10.6. The van der Waals surface area contributed by atoms with E-state index in [2.05, 4.69) is 16.0 Å². The van der Waals surface area contributed by atoms with Crippen LogP contribution in [0.2, 0.25) is 0 Å². The predicted octanol–water partition coefficient (Wildman–Crippen LogP) is 1.46. The first-order valence-electron chi connectivity index (χ1n) is 6.11. The molecule has 0 aliphatic carbocycles. The fraction of sp³-hybridized carbons (Fsp3) is 0.143. The molecular weight excluding hydrogens is 254 g/mol. The summed E-state index contributed by atoms with van der Waals surface area (Å²) in [6, 6.07) is 5.24. The number of hydrogen-bond donors (Lipinski definition) is 1. The monoisotopic (exact) mass is 265 g/mol. The van der Waals surface area contributed by atoms with Crippen LogP contribution in [0.5, 0.6) is 0 Å². The molecule has 1 aliphatic heterocycles. The molecule has 0 saturated carbocycles. The number of anilines is 1. The normalized spacial score (nSPS) is 12.8. The van der Waals surface area contributed by atoms with E-state index in [0.717, 1.165) is 16.7 Å². The molecule has 0 bridgehead atoms. The molecule has 0 atom stereocenters. The van der Waals surface area contributed by atoms with Crippen molar-refractivity contribution in [3.63, 3.8) is 0 Å². The minimum atomic E-state index is -0.497. The summed E-state index contributed by atoms with van der Waals surface area (Å²) in [5.74, 6) is 0.601. The molecule has 2 aromatic rings. The molecule has 2 aromatic heterocycles. The second kappa shape index (κ2) is 4.63. The molecule has 2 N–H and O–H groups in total. The van der Waals surface area contributed by atoms with Crippen molar-refractivity contribution in [2.24, 2.45) is 5.73 Å². The van der Waals surface area contributed by atoms with E-state index in [1.165, 1.54) is 4.90 Å². The van der Waals surface area contributed by atoms with Gasteiger partial charge in [0, 0.05) is 36.3 Å². The lowest BCUT2D eigenvalue weighted by Crippen LogP contribution is -2.34. The van der Waals surface area contributed by atoms with Crippen LogP contribution in [0.3, 0.4) is 0 Å². The van der Waals surface area contributed by atoms with Gasteiger partial charge in [-0.15, -0.1) is 0 Å². The lowest BCUT2D eigenvalue weighted by atomic mass is 10.0. The number of pyridine rings is 2. The molecule has 0 saturated heterocycles. The van der Waals surface area contributed by atoms with Crippen molar-refractivity contribution in [2.45, 2.75) is 6.42 Å². The standard InChI is InChI=1S/C14H11N5O/c15-6-10-1-3-17-8-12(10)11-5-9-2-4-19(14(16)20)13(9)18-7-11/h1,3,5,7-8H,2,4H2,(H2,16,20). The quantitative estimate of drug-likeness (QED) is 0.844.